The highest BCUT2D eigenvalue weighted by atomic mass is 16.3. The van der Waals surface area contributed by atoms with E-state index in [-0.39, 0.29) is 5.41 Å². The van der Waals surface area contributed by atoms with Gasteiger partial charge in [0.2, 0.25) is 0 Å². The molecule has 0 N–H and O–H groups in total. The van der Waals surface area contributed by atoms with Gasteiger partial charge in [0.05, 0.1) is 0 Å². The first-order valence-electron chi connectivity index (χ1n) is 21.8. The standard InChI is InChI=1S/C60H41N3O/c1-60(2)52-27-10-9-23-48(52)49-25-13-26-51(56(49)60)59-62-57(41-31-29-40(30-32-41)38-15-5-3-6-16-38)61-58(63-59)46-22-12-20-43(36-46)44-33-34-50-54(37-44)64-53-28-14-24-47(55(50)53)45-21-11-19-42(35-45)39-17-7-4-8-18-39/h3-37H,1-2H3. The lowest BCUT2D eigenvalue weighted by Gasteiger charge is -2.24. The van der Waals surface area contributed by atoms with Crippen molar-refractivity contribution in [1.82, 2.24) is 15.0 Å². The number of aromatic nitrogens is 3. The summed E-state index contributed by atoms with van der Waals surface area (Å²) in [6, 6.07) is 74.9. The van der Waals surface area contributed by atoms with E-state index in [2.05, 4.69) is 220 Å². The smallest absolute Gasteiger partial charge is 0.164 e. The van der Waals surface area contributed by atoms with Crippen LogP contribution in [0.5, 0.6) is 0 Å². The number of rotatable bonds is 7. The van der Waals surface area contributed by atoms with E-state index < -0.39 is 0 Å². The van der Waals surface area contributed by atoms with Crippen LogP contribution in [0.15, 0.2) is 217 Å². The third-order valence-corrected chi connectivity index (χ3v) is 12.9. The SMILES string of the molecule is CC1(C)c2ccccc2-c2cccc(-c3nc(-c4ccc(-c5ccccc5)cc4)nc(-c4cccc(-c5ccc6c(c5)oc5cccc(-c7cccc(-c8ccccc8)c7)c56)c4)n3)c21. The Kier molecular flexibility index (Phi) is 8.80. The molecule has 0 saturated heterocycles. The average Bonchev–Trinajstić information content (AvgIpc) is 3.86. The molecule has 1 aliphatic carbocycles. The lowest BCUT2D eigenvalue weighted by molar-refractivity contribution is 0.661. The van der Waals surface area contributed by atoms with Crippen molar-refractivity contribution in [3.05, 3.63) is 223 Å². The van der Waals surface area contributed by atoms with E-state index in [0.29, 0.717) is 17.5 Å². The molecule has 0 fully saturated rings. The third-order valence-electron chi connectivity index (χ3n) is 12.9. The molecule has 0 aliphatic heterocycles. The van der Waals surface area contributed by atoms with Crippen LogP contribution in [0, 0.1) is 0 Å². The van der Waals surface area contributed by atoms with Gasteiger partial charge in [-0.3, -0.25) is 0 Å². The molecule has 0 bridgehead atoms. The van der Waals surface area contributed by atoms with Crippen molar-refractivity contribution in [2.24, 2.45) is 0 Å². The average molecular weight is 820 g/mol. The third kappa shape index (κ3) is 6.34. The fourth-order valence-corrected chi connectivity index (χ4v) is 9.81. The van der Waals surface area contributed by atoms with E-state index in [0.717, 1.165) is 66.4 Å². The first-order valence-corrected chi connectivity index (χ1v) is 21.8. The molecule has 1 aliphatic rings. The first kappa shape index (κ1) is 37.5. The molecule has 9 aromatic carbocycles. The molecule has 11 aromatic rings. The number of hydrogen-bond donors (Lipinski definition) is 0. The second-order valence-electron chi connectivity index (χ2n) is 17.2. The van der Waals surface area contributed by atoms with Gasteiger partial charge in [0, 0.05) is 32.9 Å². The predicted octanol–water partition coefficient (Wildman–Crippen LogP) is 15.7. The molecule has 0 amide bonds. The molecular formula is C60H41N3O. The van der Waals surface area contributed by atoms with Gasteiger partial charge in [0.15, 0.2) is 17.5 Å². The molecule has 2 aromatic heterocycles. The van der Waals surface area contributed by atoms with Crippen LogP contribution in [0.4, 0.5) is 0 Å². The van der Waals surface area contributed by atoms with Crippen LogP contribution in [-0.2, 0) is 5.41 Å². The number of hydrogen-bond acceptors (Lipinski definition) is 4. The summed E-state index contributed by atoms with van der Waals surface area (Å²) in [5.74, 6) is 1.90. The second kappa shape index (κ2) is 15.0. The van der Waals surface area contributed by atoms with Gasteiger partial charge in [-0.2, -0.15) is 0 Å². The summed E-state index contributed by atoms with van der Waals surface area (Å²) in [5.41, 5.74) is 18.4. The molecule has 2 heterocycles. The minimum atomic E-state index is -0.241. The summed E-state index contributed by atoms with van der Waals surface area (Å²) in [5, 5.41) is 2.20. The summed E-state index contributed by atoms with van der Waals surface area (Å²) in [7, 11) is 0. The Bertz CT molecular complexity index is 3570. The van der Waals surface area contributed by atoms with Crippen molar-refractivity contribution < 1.29 is 4.42 Å². The van der Waals surface area contributed by atoms with Gasteiger partial charge in [0.25, 0.3) is 0 Å². The van der Waals surface area contributed by atoms with Crippen LogP contribution in [0.3, 0.4) is 0 Å². The summed E-state index contributed by atoms with van der Waals surface area (Å²) in [4.78, 5) is 15.8. The fraction of sp³-hybridized carbons (Fsp3) is 0.0500. The maximum atomic E-state index is 6.62. The van der Waals surface area contributed by atoms with Gasteiger partial charge in [-0.25, -0.2) is 15.0 Å². The largest absolute Gasteiger partial charge is 0.456 e. The first-order chi connectivity index (χ1) is 31.5. The van der Waals surface area contributed by atoms with Crippen molar-refractivity contribution >= 4 is 21.9 Å². The van der Waals surface area contributed by atoms with Crippen LogP contribution in [0.1, 0.15) is 25.0 Å². The zero-order valence-electron chi connectivity index (χ0n) is 35.5. The van der Waals surface area contributed by atoms with Gasteiger partial charge in [-0.15, -0.1) is 0 Å². The van der Waals surface area contributed by atoms with Crippen molar-refractivity contribution in [3.8, 4) is 89.8 Å². The highest BCUT2D eigenvalue weighted by Crippen LogP contribution is 2.52. The van der Waals surface area contributed by atoms with Crippen LogP contribution in [0.2, 0.25) is 0 Å². The minimum Gasteiger partial charge on any atom is -0.456 e. The molecule has 0 radical (unpaired) electrons. The quantitative estimate of drug-likeness (QED) is 0.161. The molecule has 0 unspecified atom stereocenters. The molecule has 4 nitrogen and oxygen atoms in total. The van der Waals surface area contributed by atoms with Gasteiger partial charge < -0.3 is 4.42 Å². The Hall–Kier alpha value is -8.21. The van der Waals surface area contributed by atoms with E-state index >= 15 is 0 Å². The second-order valence-corrected chi connectivity index (χ2v) is 17.2. The van der Waals surface area contributed by atoms with Gasteiger partial charge in [-0.1, -0.05) is 196 Å². The van der Waals surface area contributed by atoms with Gasteiger partial charge in [-0.05, 0) is 97.1 Å². The fourth-order valence-electron chi connectivity index (χ4n) is 9.81. The summed E-state index contributed by atoms with van der Waals surface area (Å²) in [6.45, 7) is 4.61. The Balaban J connectivity index is 0.961. The monoisotopic (exact) mass is 819 g/mol. The normalized spacial score (nSPS) is 12.7. The molecule has 12 rings (SSSR count). The maximum Gasteiger partial charge on any atom is 0.164 e. The lowest BCUT2D eigenvalue weighted by atomic mass is 9.80. The number of benzene rings is 9. The highest BCUT2D eigenvalue weighted by molar-refractivity contribution is 6.13. The Morgan fingerprint density at radius 2 is 0.812 bits per heavy atom. The summed E-state index contributed by atoms with van der Waals surface area (Å²) in [6.07, 6.45) is 0. The van der Waals surface area contributed by atoms with E-state index in [1.165, 1.54) is 38.9 Å². The zero-order chi connectivity index (χ0) is 42.8. The number of fused-ring (bicyclic) bond motifs is 6. The maximum absolute atomic E-state index is 6.62. The Morgan fingerprint density at radius 3 is 1.59 bits per heavy atom. The topological polar surface area (TPSA) is 51.8 Å². The van der Waals surface area contributed by atoms with Crippen LogP contribution >= 0.6 is 0 Å². The van der Waals surface area contributed by atoms with E-state index in [1.54, 1.807) is 0 Å². The predicted molar refractivity (Wildman–Crippen MR) is 263 cm³/mol. The van der Waals surface area contributed by atoms with E-state index in [9.17, 15) is 0 Å². The van der Waals surface area contributed by atoms with Crippen molar-refractivity contribution in [2.45, 2.75) is 19.3 Å². The van der Waals surface area contributed by atoms with Gasteiger partial charge in [0.1, 0.15) is 11.2 Å². The number of nitrogens with zero attached hydrogens (tertiary/aromatic N) is 3. The van der Waals surface area contributed by atoms with Crippen molar-refractivity contribution in [2.75, 3.05) is 0 Å². The Morgan fingerprint density at radius 1 is 0.328 bits per heavy atom. The van der Waals surface area contributed by atoms with Crippen LogP contribution < -0.4 is 0 Å². The molecular weight excluding hydrogens is 779 g/mol. The summed E-state index contributed by atoms with van der Waals surface area (Å²) < 4.78 is 6.62. The van der Waals surface area contributed by atoms with E-state index in [4.69, 9.17) is 19.4 Å². The number of furan rings is 1. The molecule has 4 heteroatoms. The molecule has 64 heavy (non-hydrogen) atoms. The molecule has 0 spiro atoms. The molecule has 0 atom stereocenters. The van der Waals surface area contributed by atoms with Gasteiger partial charge >= 0.3 is 0 Å². The minimum absolute atomic E-state index is 0.241. The molecule has 0 saturated carbocycles. The van der Waals surface area contributed by atoms with Crippen molar-refractivity contribution in [1.29, 1.82) is 0 Å². The lowest BCUT2D eigenvalue weighted by Crippen LogP contribution is -2.17. The van der Waals surface area contributed by atoms with E-state index in [1.807, 2.05) is 6.07 Å². The Labute approximate surface area is 372 Å². The van der Waals surface area contributed by atoms with Crippen molar-refractivity contribution in [3.63, 3.8) is 0 Å². The van der Waals surface area contributed by atoms with Crippen LogP contribution in [-0.4, -0.2) is 15.0 Å². The zero-order valence-corrected chi connectivity index (χ0v) is 35.5. The highest BCUT2D eigenvalue weighted by Gasteiger charge is 2.38. The van der Waals surface area contributed by atoms with Crippen LogP contribution in [0.25, 0.3) is 112 Å². The summed E-state index contributed by atoms with van der Waals surface area (Å²) >= 11 is 0. The molecule has 302 valence electrons.